The number of alkyl halides is 1. The fourth-order valence-electron chi connectivity index (χ4n) is 1.96. The van der Waals surface area contributed by atoms with Gasteiger partial charge in [0.05, 0.1) is 22.4 Å². The van der Waals surface area contributed by atoms with E-state index in [1.165, 1.54) is 5.56 Å². The van der Waals surface area contributed by atoms with Gasteiger partial charge in [-0.1, -0.05) is 12.1 Å². The number of nitrogens with one attached hydrogen (secondary N) is 1. The Kier molecular flexibility index (Phi) is 4.88. The normalized spacial score (nSPS) is 10.7. The molecule has 2 aromatic rings. The highest BCUT2D eigenvalue weighted by molar-refractivity contribution is 9.10. The van der Waals surface area contributed by atoms with Crippen LogP contribution < -0.4 is 5.32 Å². The lowest BCUT2D eigenvalue weighted by molar-refractivity contribution is 0.712. The van der Waals surface area contributed by atoms with Crippen LogP contribution in [0.25, 0.3) is 0 Å². The maximum Gasteiger partial charge on any atom is 0.0739 e. The van der Waals surface area contributed by atoms with Gasteiger partial charge in [0.2, 0.25) is 0 Å². The van der Waals surface area contributed by atoms with Crippen molar-refractivity contribution in [3.05, 3.63) is 45.7 Å². The molecule has 5 heteroatoms. The van der Waals surface area contributed by atoms with Crippen LogP contribution in [0.4, 0.5) is 5.69 Å². The topological polar surface area (TPSA) is 29.9 Å². The summed E-state index contributed by atoms with van der Waals surface area (Å²) >= 11 is 9.29. The summed E-state index contributed by atoms with van der Waals surface area (Å²) in [5, 5.41) is 7.78. The molecule has 19 heavy (non-hydrogen) atoms. The molecule has 0 aliphatic rings. The van der Waals surface area contributed by atoms with Gasteiger partial charge >= 0.3 is 0 Å². The minimum absolute atomic E-state index is 0.661. The first-order valence-electron chi connectivity index (χ1n) is 6.18. The lowest BCUT2D eigenvalue weighted by Gasteiger charge is -2.08. The Hall–Kier alpha value is -1.000. The lowest BCUT2D eigenvalue weighted by Crippen LogP contribution is -2.06. The van der Waals surface area contributed by atoms with Crippen molar-refractivity contribution < 1.29 is 0 Å². The van der Waals surface area contributed by atoms with Crippen molar-refractivity contribution >= 4 is 33.2 Å². The average Bonchev–Trinajstić information content (AvgIpc) is 2.64. The number of nitrogens with zero attached hydrogens (tertiary/aromatic N) is 2. The molecular weight excluding hydrogens is 326 g/mol. The van der Waals surface area contributed by atoms with Crippen molar-refractivity contribution in [1.82, 2.24) is 9.78 Å². The molecule has 0 aliphatic carbocycles. The fourth-order valence-corrected chi connectivity index (χ4v) is 2.65. The highest BCUT2D eigenvalue weighted by atomic mass is 79.9. The molecule has 3 nitrogen and oxygen atoms in total. The molecule has 0 amide bonds. The molecule has 0 atom stereocenters. The first-order valence-corrected chi connectivity index (χ1v) is 7.51. The molecule has 102 valence electrons. The van der Waals surface area contributed by atoms with Crippen LogP contribution in [-0.2, 0) is 20.0 Å². The van der Waals surface area contributed by atoms with Gasteiger partial charge in [-0.3, -0.25) is 4.68 Å². The van der Waals surface area contributed by atoms with Gasteiger partial charge in [-0.25, -0.2) is 0 Å². The number of hydrogen-bond acceptors (Lipinski definition) is 2. The molecule has 0 unspecified atom stereocenters. The van der Waals surface area contributed by atoms with E-state index in [9.17, 15) is 0 Å². The second-order valence-corrected chi connectivity index (χ2v) is 5.63. The molecular formula is C14H17BrClN3. The van der Waals surface area contributed by atoms with Crippen LogP contribution in [0.3, 0.4) is 0 Å². The van der Waals surface area contributed by atoms with E-state index in [0.717, 1.165) is 34.5 Å². The Morgan fingerprint density at radius 1 is 1.32 bits per heavy atom. The van der Waals surface area contributed by atoms with Crippen molar-refractivity contribution in [2.75, 3.05) is 11.2 Å². The monoisotopic (exact) mass is 341 g/mol. The van der Waals surface area contributed by atoms with Crippen molar-refractivity contribution in [2.45, 2.75) is 19.9 Å². The summed E-state index contributed by atoms with van der Waals surface area (Å²) in [7, 11) is 1.96. The maximum absolute atomic E-state index is 5.72. The number of benzene rings is 1. The third-order valence-corrected chi connectivity index (χ3v) is 4.28. The summed E-state index contributed by atoms with van der Waals surface area (Å²) < 4.78 is 2.97. The average molecular weight is 343 g/mol. The standard InChI is InChI=1S/C14H17BrClN3/c1-10-14(15)13(19(2)18-10)9-17-12-5-3-11(4-6-12)7-8-16/h3-6,17H,7-9H2,1-2H3. The summed E-state index contributed by atoms with van der Waals surface area (Å²) in [6, 6.07) is 8.38. The number of aryl methyl sites for hydroxylation is 3. The van der Waals surface area contributed by atoms with Crippen molar-refractivity contribution in [2.24, 2.45) is 7.05 Å². The largest absolute Gasteiger partial charge is 0.379 e. The van der Waals surface area contributed by atoms with Crippen LogP contribution >= 0.6 is 27.5 Å². The van der Waals surface area contributed by atoms with Gasteiger partial charge in [0, 0.05) is 18.6 Å². The molecule has 0 radical (unpaired) electrons. The minimum atomic E-state index is 0.661. The Morgan fingerprint density at radius 3 is 2.53 bits per heavy atom. The van der Waals surface area contributed by atoms with Crippen molar-refractivity contribution in [3.63, 3.8) is 0 Å². The number of rotatable bonds is 5. The van der Waals surface area contributed by atoms with Crippen molar-refractivity contribution in [3.8, 4) is 0 Å². The summed E-state index contributed by atoms with van der Waals surface area (Å²) in [6.07, 6.45) is 0.911. The molecule has 1 N–H and O–H groups in total. The third-order valence-electron chi connectivity index (χ3n) is 3.06. The highest BCUT2D eigenvalue weighted by Gasteiger charge is 2.09. The van der Waals surface area contributed by atoms with E-state index in [1.54, 1.807) is 0 Å². The molecule has 0 aliphatic heterocycles. The van der Waals surface area contributed by atoms with Gasteiger partial charge in [0.25, 0.3) is 0 Å². The predicted octanol–water partition coefficient (Wildman–Crippen LogP) is 3.88. The van der Waals surface area contributed by atoms with Gasteiger partial charge < -0.3 is 5.32 Å². The van der Waals surface area contributed by atoms with Gasteiger partial charge in [0.15, 0.2) is 0 Å². The predicted molar refractivity (Wildman–Crippen MR) is 83.8 cm³/mol. The second kappa shape index (κ2) is 6.44. The van der Waals surface area contributed by atoms with E-state index in [-0.39, 0.29) is 0 Å². The number of hydrogen-bond donors (Lipinski definition) is 1. The summed E-state index contributed by atoms with van der Waals surface area (Å²) in [5.41, 5.74) is 4.52. The minimum Gasteiger partial charge on any atom is -0.379 e. The second-order valence-electron chi connectivity index (χ2n) is 4.46. The fraction of sp³-hybridized carbons (Fsp3) is 0.357. The van der Waals surface area contributed by atoms with Crippen LogP contribution in [0.5, 0.6) is 0 Å². The first kappa shape index (κ1) is 14.4. The van der Waals surface area contributed by atoms with E-state index in [4.69, 9.17) is 11.6 Å². The van der Waals surface area contributed by atoms with Gasteiger partial charge in [0.1, 0.15) is 0 Å². The molecule has 1 aromatic carbocycles. The Bertz CT molecular complexity index is 549. The molecule has 0 saturated carbocycles. The summed E-state index contributed by atoms with van der Waals surface area (Å²) in [6.45, 7) is 2.74. The van der Waals surface area contributed by atoms with Crippen LogP contribution in [0.15, 0.2) is 28.7 Å². The van der Waals surface area contributed by atoms with E-state index in [0.29, 0.717) is 5.88 Å². The zero-order valence-corrected chi connectivity index (χ0v) is 13.4. The highest BCUT2D eigenvalue weighted by Crippen LogP contribution is 2.21. The van der Waals surface area contributed by atoms with E-state index in [2.05, 4.69) is 50.6 Å². The molecule has 0 spiro atoms. The molecule has 2 rings (SSSR count). The maximum atomic E-state index is 5.72. The van der Waals surface area contributed by atoms with Crippen LogP contribution in [0.2, 0.25) is 0 Å². The number of anilines is 1. The molecule has 0 saturated heterocycles. The van der Waals surface area contributed by atoms with Crippen LogP contribution in [-0.4, -0.2) is 15.7 Å². The molecule has 0 fully saturated rings. The number of aromatic nitrogens is 2. The third kappa shape index (κ3) is 3.51. The van der Waals surface area contributed by atoms with Crippen molar-refractivity contribution in [1.29, 1.82) is 0 Å². The van der Waals surface area contributed by atoms with Gasteiger partial charge in [-0.15, -0.1) is 11.6 Å². The van der Waals surface area contributed by atoms with E-state index in [1.807, 2.05) is 18.7 Å². The first-order chi connectivity index (χ1) is 9.11. The SMILES string of the molecule is Cc1nn(C)c(CNc2ccc(CCCl)cc2)c1Br. The molecule has 0 bridgehead atoms. The van der Waals surface area contributed by atoms with Crippen LogP contribution in [0.1, 0.15) is 17.0 Å². The zero-order valence-electron chi connectivity index (χ0n) is 11.1. The molecule has 1 aromatic heterocycles. The van der Waals surface area contributed by atoms with E-state index >= 15 is 0 Å². The molecule has 1 heterocycles. The Morgan fingerprint density at radius 2 is 2.00 bits per heavy atom. The number of halogens is 2. The quantitative estimate of drug-likeness (QED) is 0.836. The summed E-state index contributed by atoms with van der Waals surface area (Å²) in [5.74, 6) is 0.661. The van der Waals surface area contributed by atoms with E-state index < -0.39 is 0 Å². The summed E-state index contributed by atoms with van der Waals surface area (Å²) in [4.78, 5) is 0. The zero-order chi connectivity index (χ0) is 13.8. The lowest BCUT2D eigenvalue weighted by atomic mass is 10.1. The Labute approximate surface area is 127 Å². The van der Waals surface area contributed by atoms with Gasteiger partial charge in [-0.2, -0.15) is 5.10 Å². The Balaban J connectivity index is 2.02. The van der Waals surface area contributed by atoms with Gasteiger partial charge in [-0.05, 0) is 47.0 Å². The van der Waals surface area contributed by atoms with Crippen LogP contribution in [0, 0.1) is 6.92 Å². The smallest absolute Gasteiger partial charge is 0.0739 e.